The largest absolute Gasteiger partial charge is 0.295 e. The Morgan fingerprint density at radius 2 is 2.06 bits per heavy atom. The van der Waals surface area contributed by atoms with E-state index in [1.165, 1.54) is 6.07 Å². The molecule has 18 heavy (non-hydrogen) atoms. The molecule has 0 aliphatic carbocycles. The lowest BCUT2D eigenvalue weighted by Crippen LogP contribution is -1.98. The van der Waals surface area contributed by atoms with Crippen LogP contribution in [0.2, 0.25) is 0 Å². The highest BCUT2D eigenvalue weighted by atomic mass is 16.6. The van der Waals surface area contributed by atoms with E-state index in [4.69, 9.17) is 0 Å². The SMILES string of the molecule is O=[N+]([O-])c1cccc2c(-n3cccn3)ccnc12. The summed E-state index contributed by atoms with van der Waals surface area (Å²) in [7, 11) is 0. The zero-order valence-electron chi connectivity index (χ0n) is 9.22. The van der Waals surface area contributed by atoms with Gasteiger partial charge >= 0.3 is 0 Å². The molecule has 6 nitrogen and oxygen atoms in total. The second-order valence-corrected chi connectivity index (χ2v) is 3.71. The second kappa shape index (κ2) is 3.92. The number of non-ortho nitro benzene ring substituents is 1. The van der Waals surface area contributed by atoms with Gasteiger partial charge in [-0.05, 0) is 12.1 Å². The number of nitro benzene ring substituents is 1. The predicted molar refractivity (Wildman–Crippen MR) is 65.5 cm³/mol. The van der Waals surface area contributed by atoms with E-state index >= 15 is 0 Å². The molecular formula is C12H8N4O2. The minimum Gasteiger partial charge on any atom is -0.258 e. The van der Waals surface area contributed by atoms with Gasteiger partial charge in [-0.3, -0.25) is 10.1 Å². The lowest BCUT2D eigenvalue weighted by molar-refractivity contribution is -0.383. The summed E-state index contributed by atoms with van der Waals surface area (Å²) in [6, 6.07) is 8.46. The molecule has 6 heteroatoms. The fourth-order valence-electron chi connectivity index (χ4n) is 1.90. The van der Waals surface area contributed by atoms with Gasteiger partial charge < -0.3 is 0 Å². The highest BCUT2D eigenvalue weighted by molar-refractivity contribution is 5.93. The van der Waals surface area contributed by atoms with Gasteiger partial charge in [0, 0.05) is 30.0 Å². The van der Waals surface area contributed by atoms with Crippen LogP contribution < -0.4 is 0 Å². The van der Waals surface area contributed by atoms with Crippen molar-refractivity contribution >= 4 is 16.6 Å². The quantitative estimate of drug-likeness (QED) is 0.509. The van der Waals surface area contributed by atoms with Crippen LogP contribution in [0.1, 0.15) is 0 Å². The third-order valence-electron chi connectivity index (χ3n) is 2.67. The van der Waals surface area contributed by atoms with Crippen LogP contribution in [0.5, 0.6) is 0 Å². The van der Waals surface area contributed by atoms with Crippen molar-refractivity contribution in [2.24, 2.45) is 0 Å². The Bertz CT molecular complexity index is 722. The lowest BCUT2D eigenvalue weighted by atomic mass is 10.1. The van der Waals surface area contributed by atoms with Crippen LogP contribution in [0, 0.1) is 10.1 Å². The molecule has 0 amide bonds. The van der Waals surface area contributed by atoms with Gasteiger partial charge in [0.2, 0.25) is 0 Å². The first kappa shape index (κ1) is 10.4. The average Bonchev–Trinajstić information content (AvgIpc) is 2.91. The van der Waals surface area contributed by atoms with Crippen molar-refractivity contribution in [3.05, 3.63) is 59.0 Å². The molecule has 0 bridgehead atoms. The molecule has 0 spiro atoms. The Hall–Kier alpha value is -2.76. The first-order valence-electron chi connectivity index (χ1n) is 5.29. The molecule has 0 aliphatic heterocycles. The number of nitro groups is 1. The highest BCUT2D eigenvalue weighted by Crippen LogP contribution is 2.27. The van der Waals surface area contributed by atoms with Crippen molar-refractivity contribution in [1.82, 2.24) is 14.8 Å². The maximum Gasteiger partial charge on any atom is 0.295 e. The Morgan fingerprint density at radius 3 is 2.78 bits per heavy atom. The lowest BCUT2D eigenvalue weighted by Gasteiger charge is -2.05. The molecular weight excluding hydrogens is 232 g/mol. The third-order valence-corrected chi connectivity index (χ3v) is 2.67. The molecule has 0 aliphatic rings. The normalized spacial score (nSPS) is 10.7. The summed E-state index contributed by atoms with van der Waals surface area (Å²) in [4.78, 5) is 14.6. The smallest absolute Gasteiger partial charge is 0.258 e. The Balaban J connectivity index is 2.36. The number of benzene rings is 1. The third kappa shape index (κ3) is 1.51. The molecule has 0 N–H and O–H groups in total. The van der Waals surface area contributed by atoms with E-state index in [-0.39, 0.29) is 5.69 Å². The van der Waals surface area contributed by atoms with Crippen molar-refractivity contribution < 1.29 is 4.92 Å². The number of para-hydroxylation sites is 1. The Kier molecular flexibility index (Phi) is 2.26. The number of aromatic nitrogens is 3. The van der Waals surface area contributed by atoms with Crippen molar-refractivity contribution in [2.45, 2.75) is 0 Å². The van der Waals surface area contributed by atoms with Gasteiger partial charge in [-0.2, -0.15) is 5.10 Å². The van der Waals surface area contributed by atoms with Gasteiger partial charge in [0.25, 0.3) is 5.69 Å². The maximum atomic E-state index is 11.0. The summed E-state index contributed by atoms with van der Waals surface area (Å²) >= 11 is 0. The first-order valence-corrected chi connectivity index (χ1v) is 5.29. The van der Waals surface area contributed by atoms with Crippen LogP contribution in [-0.4, -0.2) is 19.7 Å². The summed E-state index contributed by atoms with van der Waals surface area (Å²) in [6.45, 7) is 0. The molecule has 2 heterocycles. The van der Waals surface area contributed by atoms with Crippen LogP contribution in [0.3, 0.4) is 0 Å². The number of hydrogen-bond donors (Lipinski definition) is 0. The molecule has 2 aromatic heterocycles. The van der Waals surface area contributed by atoms with Gasteiger partial charge in [-0.15, -0.1) is 0 Å². The van der Waals surface area contributed by atoms with E-state index in [9.17, 15) is 10.1 Å². The fourth-order valence-corrected chi connectivity index (χ4v) is 1.90. The van der Waals surface area contributed by atoms with Crippen LogP contribution in [0.25, 0.3) is 16.6 Å². The second-order valence-electron chi connectivity index (χ2n) is 3.71. The molecule has 3 aromatic rings. The summed E-state index contributed by atoms with van der Waals surface area (Å²) < 4.78 is 1.66. The topological polar surface area (TPSA) is 73.8 Å². The fraction of sp³-hybridized carbons (Fsp3) is 0. The summed E-state index contributed by atoms with van der Waals surface area (Å²) in [5.74, 6) is 0. The molecule has 3 rings (SSSR count). The molecule has 0 atom stereocenters. The molecule has 0 saturated heterocycles. The van der Waals surface area contributed by atoms with E-state index < -0.39 is 4.92 Å². The van der Waals surface area contributed by atoms with Crippen LogP contribution in [0.4, 0.5) is 5.69 Å². The highest BCUT2D eigenvalue weighted by Gasteiger charge is 2.14. The average molecular weight is 240 g/mol. The minimum atomic E-state index is -0.428. The van der Waals surface area contributed by atoms with E-state index in [1.54, 1.807) is 47.5 Å². The van der Waals surface area contributed by atoms with E-state index in [0.717, 1.165) is 5.69 Å². The molecule has 88 valence electrons. The van der Waals surface area contributed by atoms with Gasteiger partial charge in [0.15, 0.2) is 0 Å². The summed E-state index contributed by atoms with van der Waals surface area (Å²) in [6.07, 6.45) is 4.99. The summed E-state index contributed by atoms with van der Waals surface area (Å²) in [5.41, 5.74) is 1.14. The number of nitrogens with zero attached hydrogens (tertiary/aromatic N) is 4. The molecule has 1 aromatic carbocycles. The zero-order chi connectivity index (χ0) is 12.5. The number of hydrogen-bond acceptors (Lipinski definition) is 4. The van der Waals surface area contributed by atoms with Crippen molar-refractivity contribution in [3.8, 4) is 5.69 Å². The number of rotatable bonds is 2. The van der Waals surface area contributed by atoms with Crippen molar-refractivity contribution in [3.63, 3.8) is 0 Å². The van der Waals surface area contributed by atoms with E-state index in [1.807, 2.05) is 0 Å². The molecule has 0 fully saturated rings. The Labute approximate surface area is 102 Å². The maximum absolute atomic E-state index is 11.0. The van der Waals surface area contributed by atoms with Gasteiger partial charge in [-0.25, -0.2) is 9.67 Å². The minimum absolute atomic E-state index is 0.00139. The first-order chi connectivity index (χ1) is 8.77. The molecule has 0 unspecified atom stereocenters. The van der Waals surface area contributed by atoms with Gasteiger partial charge in [0.1, 0.15) is 5.52 Å². The van der Waals surface area contributed by atoms with E-state index in [2.05, 4.69) is 10.1 Å². The predicted octanol–water partition coefficient (Wildman–Crippen LogP) is 2.33. The van der Waals surface area contributed by atoms with Crippen LogP contribution >= 0.6 is 0 Å². The van der Waals surface area contributed by atoms with E-state index in [0.29, 0.717) is 10.9 Å². The van der Waals surface area contributed by atoms with Crippen molar-refractivity contribution in [1.29, 1.82) is 0 Å². The number of fused-ring (bicyclic) bond motifs is 1. The summed E-state index contributed by atoms with van der Waals surface area (Å²) in [5, 5.41) is 15.8. The van der Waals surface area contributed by atoms with Crippen molar-refractivity contribution in [2.75, 3.05) is 0 Å². The molecule has 0 radical (unpaired) electrons. The zero-order valence-corrected chi connectivity index (χ0v) is 9.22. The van der Waals surface area contributed by atoms with Gasteiger partial charge in [-0.1, -0.05) is 12.1 Å². The standard InChI is InChI=1S/C12H8N4O2/c17-16(18)11-4-1-3-9-10(5-7-13-12(9)11)15-8-2-6-14-15/h1-8H. The van der Waals surface area contributed by atoms with Crippen LogP contribution in [-0.2, 0) is 0 Å². The number of pyridine rings is 1. The van der Waals surface area contributed by atoms with Gasteiger partial charge in [0.05, 0.1) is 10.6 Å². The molecule has 0 saturated carbocycles. The Morgan fingerprint density at radius 1 is 1.17 bits per heavy atom. The monoisotopic (exact) mass is 240 g/mol. The van der Waals surface area contributed by atoms with Crippen LogP contribution in [0.15, 0.2) is 48.9 Å².